The first kappa shape index (κ1) is 13.1. The smallest absolute Gasteiger partial charge is 0.165 e. The van der Waals surface area contributed by atoms with Crippen molar-refractivity contribution in [1.29, 1.82) is 0 Å². The van der Waals surface area contributed by atoms with Crippen LogP contribution in [0, 0.1) is 5.92 Å². The standard InChI is InChI=1S/C16H22O2/c1-5-18-14-9-8-12(15(17)11-6-7-11)10-13(14)16(2,3)4/h8-11H,5-7H2,1-4H3. The Bertz CT molecular complexity index is 451. The maximum Gasteiger partial charge on any atom is 0.165 e. The second kappa shape index (κ2) is 4.75. The normalized spacial score (nSPS) is 15.6. The molecule has 0 bridgehead atoms. The van der Waals surface area contributed by atoms with Crippen molar-refractivity contribution in [3.63, 3.8) is 0 Å². The predicted molar refractivity (Wildman–Crippen MR) is 73.4 cm³/mol. The number of ether oxygens (including phenoxy) is 1. The summed E-state index contributed by atoms with van der Waals surface area (Å²) in [4.78, 5) is 12.1. The van der Waals surface area contributed by atoms with E-state index >= 15 is 0 Å². The second-order valence-corrected chi connectivity index (χ2v) is 6.03. The molecule has 0 saturated heterocycles. The van der Waals surface area contributed by atoms with Gasteiger partial charge in [-0.3, -0.25) is 4.79 Å². The largest absolute Gasteiger partial charge is 0.494 e. The lowest BCUT2D eigenvalue weighted by Crippen LogP contribution is -2.15. The van der Waals surface area contributed by atoms with E-state index in [1.165, 1.54) is 0 Å². The summed E-state index contributed by atoms with van der Waals surface area (Å²) in [5.41, 5.74) is 1.95. The third kappa shape index (κ3) is 2.74. The molecule has 0 N–H and O–H groups in total. The zero-order valence-corrected chi connectivity index (χ0v) is 11.7. The zero-order valence-electron chi connectivity index (χ0n) is 11.7. The van der Waals surface area contributed by atoms with Crippen molar-refractivity contribution < 1.29 is 9.53 Å². The summed E-state index contributed by atoms with van der Waals surface area (Å²) in [7, 11) is 0. The predicted octanol–water partition coefficient (Wildman–Crippen LogP) is 3.98. The van der Waals surface area contributed by atoms with Gasteiger partial charge in [0.2, 0.25) is 0 Å². The molecule has 1 aliphatic carbocycles. The molecule has 0 aromatic heterocycles. The molecule has 1 aromatic carbocycles. The lowest BCUT2D eigenvalue weighted by Gasteiger charge is -2.23. The van der Waals surface area contributed by atoms with Crippen LogP contribution in [-0.4, -0.2) is 12.4 Å². The van der Waals surface area contributed by atoms with E-state index < -0.39 is 0 Å². The van der Waals surface area contributed by atoms with Gasteiger partial charge in [-0.2, -0.15) is 0 Å². The Balaban J connectivity index is 2.38. The summed E-state index contributed by atoms with van der Waals surface area (Å²) < 4.78 is 5.66. The molecular weight excluding hydrogens is 224 g/mol. The van der Waals surface area contributed by atoms with E-state index in [0.717, 1.165) is 29.7 Å². The SMILES string of the molecule is CCOc1ccc(C(=O)C2CC2)cc1C(C)(C)C. The van der Waals surface area contributed by atoms with Gasteiger partial charge in [0.05, 0.1) is 6.61 Å². The van der Waals surface area contributed by atoms with E-state index in [1.807, 2.05) is 25.1 Å². The quantitative estimate of drug-likeness (QED) is 0.751. The van der Waals surface area contributed by atoms with Crippen molar-refractivity contribution in [3.8, 4) is 5.75 Å². The van der Waals surface area contributed by atoms with Crippen LogP contribution in [0.15, 0.2) is 18.2 Å². The number of carbonyl (C=O) groups is 1. The molecule has 0 amide bonds. The lowest BCUT2D eigenvalue weighted by atomic mass is 9.84. The van der Waals surface area contributed by atoms with Gasteiger partial charge in [-0.05, 0) is 43.4 Å². The van der Waals surface area contributed by atoms with Crippen LogP contribution >= 0.6 is 0 Å². The summed E-state index contributed by atoms with van der Waals surface area (Å²) in [5.74, 6) is 1.47. The molecule has 1 aliphatic rings. The third-order valence-corrected chi connectivity index (χ3v) is 3.32. The maximum atomic E-state index is 12.1. The Morgan fingerprint density at radius 1 is 1.33 bits per heavy atom. The first-order chi connectivity index (χ1) is 8.43. The Hall–Kier alpha value is -1.31. The maximum absolute atomic E-state index is 12.1. The van der Waals surface area contributed by atoms with Crippen LogP contribution < -0.4 is 4.74 Å². The topological polar surface area (TPSA) is 26.3 Å². The third-order valence-electron chi connectivity index (χ3n) is 3.32. The Morgan fingerprint density at radius 3 is 2.50 bits per heavy atom. The van der Waals surface area contributed by atoms with E-state index in [9.17, 15) is 4.79 Å². The number of benzene rings is 1. The van der Waals surface area contributed by atoms with Gasteiger partial charge < -0.3 is 4.74 Å². The van der Waals surface area contributed by atoms with Crippen LogP contribution in [0.5, 0.6) is 5.75 Å². The van der Waals surface area contributed by atoms with Crippen molar-refractivity contribution in [2.75, 3.05) is 6.61 Å². The minimum absolute atomic E-state index is 0.00958. The first-order valence-corrected chi connectivity index (χ1v) is 6.75. The fourth-order valence-corrected chi connectivity index (χ4v) is 2.13. The summed E-state index contributed by atoms with van der Waals surface area (Å²) >= 11 is 0. The fourth-order valence-electron chi connectivity index (χ4n) is 2.13. The van der Waals surface area contributed by atoms with Gasteiger partial charge in [-0.1, -0.05) is 20.8 Å². The van der Waals surface area contributed by atoms with Crippen molar-refractivity contribution in [2.24, 2.45) is 5.92 Å². The lowest BCUT2D eigenvalue weighted by molar-refractivity contribution is 0.0967. The van der Waals surface area contributed by atoms with Gasteiger partial charge in [0, 0.05) is 17.0 Å². The molecule has 2 nitrogen and oxygen atoms in total. The van der Waals surface area contributed by atoms with Gasteiger partial charge in [0.1, 0.15) is 5.75 Å². The summed E-state index contributed by atoms with van der Waals surface area (Å²) in [6.45, 7) is 9.08. The van der Waals surface area contributed by atoms with E-state index in [1.54, 1.807) is 0 Å². The highest BCUT2D eigenvalue weighted by Crippen LogP contribution is 2.36. The van der Waals surface area contributed by atoms with E-state index in [2.05, 4.69) is 20.8 Å². The van der Waals surface area contributed by atoms with Gasteiger partial charge in [0.25, 0.3) is 0 Å². The highest BCUT2D eigenvalue weighted by atomic mass is 16.5. The molecule has 18 heavy (non-hydrogen) atoms. The number of carbonyl (C=O) groups excluding carboxylic acids is 1. The number of Topliss-reactive ketones (excluding diaryl/α,β-unsaturated/α-hetero) is 1. The number of hydrogen-bond acceptors (Lipinski definition) is 2. The van der Waals surface area contributed by atoms with Gasteiger partial charge in [-0.25, -0.2) is 0 Å². The van der Waals surface area contributed by atoms with E-state index in [-0.39, 0.29) is 11.3 Å². The molecule has 2 rings (SSSR count). The summed E-state index contributed by atoms with van der Waals surface area (Å²) in [6, 6.07) is 5.87. The summed E-state index contributed by atoms with van der Waals surface area (Å²) in [6.07, 6.45) is 2.10. The molecule has 0 heterocycles. The minimum atomic E-state index is -0.00958. The zero-order chi connectivity index (χ0) is 13.3. The van der Waals surface area contributed by atoms with Crippen molar-refractivity contribution >= 4 is 5.78 Å². The van der Waals surface area contributed by atoms with Crippen molar-refractivity contribution in [2.45, 2.75) is 46.0 Å². The molecule has 0 atom stereocenters. The van der Waals surface area contributed by atoms with Crippen molar-refractivity contribution in [1.82, 2.24) is 0 Å². The Kier molecular flexibility index (Phi) is 3.47. The number of ketones is 1. The second-order valence-electron chi connectivity index (χ2n) is 6.03. The molecule has 1 aromatic rings. The van der Waals surface area contributed by atoms with Crippen LogP contribution in [0.3, 0.4) is 0 Å². The Morgan fingerprint density at radius 2 is 2.00 bits per heavy atom. The van der Waals surface area contributed by atoms with Crippen LogP contribution in [0.2, 0.25) is 0 Å². The average Bonchev–Trinajstić information content (AvgIpc) is 3.11. The van der Waals surface area contributed by atoms with Gasteiger partial charge in [-0.15, -0.1) is 0 Å². The van der Waals surface area contributed by atoms with E-state index in [0.29, 0.717) is 12.4 Å². The molecular formula is C16H22O2. The minimum Gasteiger partial charge on any atom is -0.494 e. The number of rotatable bonds is 4. The molecule has 0 spiro atoms. The molecule has 0 unspecified atom stereocenters. The molecule has 0 radical (unpaired) electrons. The van der Waals surface area contributed by atoms with Crippen LogP contribution in [0.25, 0.3) is 0 Å². The van der Waals surface area contributed by atoms with Crippen LogP contribution in [0.1, 0.15) is 56.5 Å². The van der Waals surface area contributed by atoms with Crippen LogP contribution in [-0.2, 0) is 5.41 Å². The van der Waals surface area contributed by atoms with Gasteiger partial charge >= 0.3 is 0 Å². The van der Waals surface area contributed by atoms with Gasteiger partial charge in [0.15, 0.2) is 5.78 Å². The number of hydrogen-bond donors (Lipinski definition) is 0. The molecule has 0 aliphatic heterocycles. The molecule has 1 fully saturated rings. The Labute approximate surface area is 109 Å². The van der Waals surface area contributed by atoms with E-state index in [4.69, 9.17) is 4.74 Å². The molecule has 1 saturated carbocycles. The van der Waals surface area contributed by atoms with Crippen LogP contribution in [0.4, 0.5) is 0 Å². The highest BCUT2D eigenvalue weighted by molar-refractivity contribution is 5.99. The fraction of sp³-hybridized carbons (Fsp3) is 0.562. The first-order valence-electron chi connectivity index (χ1n) is 6.75. The molecule has 2 heteroatoms. The summed E-state index contributed by atoms with van der Waals surface area (Å²) in [5, 5.41) is 0. The monoisotopic (exact) mass is 246 g/mol. The molecule has 98 valence electrons. The van der Waals surface area contributed by atoms with Crippen molar-refractivity contribution in [3.05, 3.63) is 29.3 Å². The average molecular weight is 246 g/mol. The highest BCUT2D eigenvalue weighted by Gasteiger charge is 2.31.